The third-order valence-electron chi connectivity index (χ3n) is 3.43. The van der Waals surface area contributed by atoms with Crippen molar-refractivity contribution in [1.82, 2.24) is 4.31 Å². The first kappa shape index (κ1) is 13.4. The third-order valence-corrected chi connectivity index (χ3v) is 5.31. The molecule has 1 fully saturated rings. The van der Waals surface area contributed by atoms with E-state index in [2.05, 4.69) is 0 Å². The molecule has 4 nitrogen and oxygen atoms in total. The minimum absolute atomic E-state index is 0.0131. The van der Waals surface area contributed by atoms with Gasteiger partial charge in [0.1, 0.15) is 5.75 Å². The molecule has 1 aromatic rings. The van der Waals surface area contributed by atoms with Crippen molar-refractivity contribution in [3.05, 3.63) is 29.8 Å². The molecule has 0 spiro atoms. The summed E-state index contributed by atoms with van der Waals surface area (Å²) in [6.45, 7) is 2.33. The molecule has 0 N–H and O–H groups in total. The summed E-state index contributed by atoms with van der Waals surface area (Å²) in [6.07, 6.45) is 1.82. The molecule has 1 atom stereocenters. The predicted molar refractivity (Wildman–Crippen MR) is 71.1 cm³/mol. The SMILES string of the molecule is CCS(=O)(=O)N1CCC[C@@H]1c1ccc(OC)cc1. The van der Waals surface area contributed by atoms with Gasteiger partial charge in [-0.3, -0.25) is 0 Å². The Morgan fingerprint density at radius 3 is 2.56 bits per heavy atom. The molecule has 0 unspecified atom stereocenters. The number of nitrogens with zero attached hydrogens (tertiary/aromatic N) is 1. The number of rotatable bonds is 4. The van der Waals surface area contributed by atoms with Crippen molar-refractivity contribution >= 4 is 10.0 Å². The summed E-state index contributed by atoms with van der Waals surface area (Å²) < 4.78 is 30.8. The average molecular weight is 269 g/mol. The Hall–Kier alpha value is -1.07. The van der Waals surface area contributed by atoms with Crippen LogP contribution in [0.15, 0.2) is 24.3 Å². The summed E-state index contributed by atoms with van der Waals surface area (Å²) in [5, 5.41) is 0. The maximum atomic E-state index is 12.0. The maximum Gasteiger partial charge on any atom is 0.214 e. The molecule has 0 radical (unpaired) electrons. The van der Waals surface area contributed by atoms with E-state index < -0.39 is 10.0 Å². The van der Waals surface area contributed by atoms with Gasteiger partial charge in [-0.15, -0.1) is 0 Å². The van der Waals surface area contributed by atoms with E-state index in [-0.39, 0.29) is 11.8 Å². The fourth-order valence-corrected chi connectivity index (χ4v) is 3.75. The summed E-state index contributed by atoms with van der Waals surface area (Å²) in [5.41, 5.74) is 1.05. The lowest BCUT2D eigenvalue weighted by Gasteiger charge is -2.23. The molecule has 1 heterocycles. The van der Waals surface area contributed by atoms with Crippen LogP contribution in [0.2, 0.25) is 0 Å². The zero-order valence-corrected chi connectivity index (χ0v) is 11.6. The summed E-state index contributed by atoms with van der Waals surface area (Å²) in [5.74, 6) is 0.960. The first-order valence-corrected chi connectivity index (χ1v) is 7.83. The predicted octanol–water partition coefficient (Wildman–Crippen LogP) is 2.18. The van der Waals surface area contributed by atoms with Gasteiger partial charge in [0.2, 0.25) is 10.0 Å². The molecule has 1 aliphatic rings. The lowest BCUT2D eigenvalue weighted by molar-refractivity contribution is 0.395. The molecule has 0 amide bonds. The summed E-state index contributed by atoms with van der Waals surface area (Å²) >= 11 is 0. The van der Waals surface area contributed by atoms with Crippen LogP contribution in [0.4, 0.5) is 0 Å². The Morgan fingerprint density at radius 2 is 2.00 bits per heavy atom. The fraction of sp³-hybridized carbons (Fsp3) is 0.538. The van der Waals surface area contributed by atoms with Gasteiger partial charge in [0, 0.05) is 12.6 Å². The zero-order valence-electron chi connectivity index (χ0n) is 10.8. The normalized spacial score (nSPS) is 21.1. The molecule has 100 valence electrons. The van der Waals surface area contributed by atoms with Crippen molar-refractivity contribution in [3.8, 4) is 5.75 Å². The highest BCUT2D eigenvalue weighted by atomic mass is 32.2. The second-order valence-electron chi connectivity index (χ2n) is 4.44. The van der Waals surface area contributed by atoms with Crippen molar-refractivity contribution < 1.29 is 13.2 Å². The number of sulfonamides is 1. The summed E-state index contributed by atoms with van der Waals surface area (Å²) in [6, 6.07) is 7.65. The van der Waals surface area contributed by atoms with Gasteiger partial charge in [0.15, 0.2) is 0 Å². The minimum atomic E-state index is -3.11. The van der Waals surface area contributed by atoms with Gasteiger partial charge in [-0.05, 0) is 37.5 Å². The molecule has 0 bridgehead atoms. The van der Waals surface area contributed by atoms with Crippen LogP contribution in [0.5, 0.6) is 5.75 Å². The molecule has 5 heteroatoms. The van der Waals surface area contributed by atoms with Crippen molar-refractivity contribution in [2.45, 2.75) is 25.8 Å². The van der Waals surface area contributed by atoms with E-state index in [1.807, 2.05) is 24.3 Å². The van der Waals surface area contributed by atoms with E-state index in [0.29, 0.717) is 6.54 Å². The van der Waals surface area contributed by atoms with Crippen LogP contribution in [0, 0.1) is 0 Å². The number of hydrogen-bond donors (Lipinski definition) is 0. The van der Waals surface area contributed by atoms with Gasteiger partial charge in [0.25, 0.3) is 0 Å². The molecule has 0 aromatic heterocycles. The Kier molecular flexibility index (Phi) is 3.92. The molecule has 0 aliphatic carbocycles. The molecular formula is C13H19NO3S. The molecule has 2 rings (SSSR count). The number of methoxy groups -OCH3 is 1. The zero-order chi connectivity index (χ0) is 13.2. The average Bonchev–Trinajstić information content (AvgIpc) is 2.89. The quantitative estimate of drug-likeness (QED) is 0.841. The molecular weight excluding hydrogens is 250 g/mol. The van der Waals surface area contributed by atoms with Gasteiger partial charge >= 0.3 is 0 Å². The van der Waals surface area contributed by atoms with Crippen molar-refractivity contribution in [1.29, 1.82) is 0 Å². The van der Waals surface area contributed by atoms with Crippen molar-refractivity contribution in [3.63, 3.8) is 0 Å². The first-order valence-electron chi connectivity index (χ1n) is 6.22. The Bertz CT molecular complexity index is 495. The molecule has 1 aliphatic heterocycles. The molecule has 1 saturated heterocycles. The van der Waals surface area contributed by atoms with E-state index >= 15 is 0 Å². The van der Waals surface area contributed by atoms with E-state index in [9.17, 15) is 8.42 Å². The van der Waals surface area contributed by atoms with Crippen molar-refractivity contribution in [2.75, 3.05) is 19.4 Å². The van der Waals surface area contributed by atoms with Crippen LogP contribution in [0.3, 0.4) is 0 Å². The topological polar surface area (TPSA) is 46.6 Å². The lowest BCUT2D eigenvalue weighted by atomic mass is 10.1. The Morgan fingerprint density at radius 1 is 1.33 bits per heavy atom. The smallest absolute Gasteiger partial charge is 0.214 e. The number of hydrogen-bond acceptors (Lipinski definition) is 3. The highest BCUT2D eigenvalue weighted by molar-refractivity contribution is 7.89. The van der Waals surface area contributed by atoms with E-state index in [0.717, 1.165) is 24.2 Å². The maximum absolute atomic E-state index is 12.0. The van der Waals surface area contributed by atoms with Crippen LogP contribution >= 0.6 is 0 Å². The fourth-order valence-electron chi connectivity index (χ4n) is 2.40. The second kappa shape index (κ2) is 5.28. The van der Waals surface area contributed by atoms with Gasteiger partial charge < -0.3 is 4.74 Å². The largest absolute Gasteiger partial charge is 0.497 e. The van der Waals surface area contributed by atoms with E-state index in [4.69, 9.17) is 4.74 Å². The van der Waals surface area contributed by atoms with Gasteiger partial charge in [-0.25, -0.2) is 8.42 Å². The third kappa shape index (κ3) is 2.52. The van der Waals surface area contributed by atoms with Crippen LogP contribution in [-0.2, 0) is 10.0 Å². The van der Waals surface area contributed by atoms with E-state index in [1.54, 1.807) is 18.3 Å². The van der Waals surface area contributed by atoms with Gasteiger partial charge in [0.05, 0.1) is 12.9 Å². The molecule has 1 aromatic carbocycles. The van der Waals surface area contributed by atoms with Crippen LogP contribution in [0.25, 0.3) is 0 Å². The lowest BCUT2D eigenvalue weighted by Crippen LogP contribution is -2.31. The summed E-state index contributed by atoms with van der Waals surface area (Å²) in [7, 11) is -1.49. The highest BCUT2D eigenvalue weighted by Gasteiger charge is 2.33. The number of ether oxygens (including phenoxy) is 1. The standard InChI is InChI=1S/C13H19NO3S/c1-3-18(15,16)14-10-4-5-13(14)11-6-8-12(17-2)9-7-11/h6-9,13H,3-5,10H2,1-2H3/t13-/m1/s1. The van der Waals surface area contributed by atoms with Crippen LogP contribution in [0.1, 0.15) is 31.4 Å². The highest BCUT2D eigenvalue weighted by Crippen LogP contribution is 2.34. The van der Waals surface area contributed by atoms with Crippen molar-refractivity contribution in [2.24, 2.45) is 0 Å². The Balaban J connectivity index is 2.26. The van der Waals surface area contributed by atoms with E-state index in [1.165, 1.54) is 0 Å². The Labute approximate surface area is 109 Å². The van der Waals surface area contributed by atoms with Crippen LogP contribution < -0.4 is 4.74 Å². The minimum Gasteiger partial charge on any atom is -0.497 e. The number of benzene rings is 1. The monoisotopic (exact) mass is 269 g/mol. The first-order chi connectivity index (χ1) is 8.58. The van der Waals surface area contributed by atoms with Gasteiger partial charge in [-0.2, -0.15) is 4.31 Å². The van der Waals surface area contributed by atoms with Crippen LogP contribution in [-0.4, -0.2) is 32.1 Å². The second-order valence-corrected chi connectivity index (χ2v) is 6.65. The summed E-state index contributed by atoms with van der Waals surface area (Å²) in [4.78, 5) is 0. The molecule has 18 heavy (non-hydrogen) atoms. The molecule has 0 saturated carbocycles. The van der Waals surface area contributed by atoms with Gasteiger partial charge in [-0.1, -0.05) is 12.1 Å².